The highest BCUT2D eigenvalue weighted by atomic mass is 14.7. The van der Waals surface area contributed by atoms with Gasteiger partial charge in [0.1, 0.15) is 0 Å². The third kappa shape index (κ3) is 1.71. The largest absolute Gasteiger partial charge is 0.258 e. The molecule has 0 saturated heterocycles. The van der Waals surface area contributed by atoms with E-state index < -0.39 is 0 Å². The Labute approximate surface area is 55.1 Å². The van der Waals surface area contributed by atoms with E-state index in [1.807, 2.05) is 32.1 Å². The first-order valence-corrected chi connectivity index (χ1v) is 2.94. The van der Waals surface area contributed by atoms with E-state index in [-0.39, 0.29) is 0 Å². The lowest BCUT2D eigenvalue weighted by Crippen LogP contribution is -1.81. The van der Waals surface area contributed by atoms with Gasteiger partial charge < -0.3 is 0 Å². The fraction of sp³-hybridized carbons (Fsp3) is 0.250. The molecule has 0 bridgehead atoms. The van der Waals surface area contributed by atoms with Crippen LogP contribution >= 0.6 is 0 Å². The second-order valence-corrected chi connectivity index (χ2v) is 2.04. The summed E-state index contributed by atoms with van der Waals surface area (Å²) >= 11 is 0. The van der Waals surface area contributed by atoms with Gasteiger partial charge in [0.15, 0.2) is 0 Å². The zero-order valence-corrected chi connectivity index (χ0v) is 5.68. The van der Waals surface area contributed by atoms with Crippen molar-refractivity contribution in [3.05, 3.63) is 29.7 Å². The van der Waals surface area contributed by atoms with Crippen molar-refractivity contribution >= 4 is 5.71 Å². The van der Waals surface area contributed by atoms with Crippen molar-refractivity contribution in [3.63, 3.8) is 0 Å². The van der Waals surface area contributed by atoms with Crippen molar-refractivity contribution in [2.45, 2.75) is 13.8 Å². The van der Waals surface area contributed by atoms with Crippen LogP contribution in [0.1, 0.15) is 13.8 Å². The van der Waals surface area contributed by atoms with E-state index in [2.05, 4.69) is 10.7 Å². The second kappa shape index (κ2) is 2.47. The molecule has 0 unspecified atom stereocenters. The number of allylic oxidation sites excluding steroid dienone is 3. The van der Waals surface area contributed by atoms with Crippen LogP contribution in [-0.2, 0) is 0 Å². The first kappa shape index (κ1) is 6.06. The normalized spacial score (nSPS) is 16.7. The van der Waals surface area contributed by atoms with Crippen molar-refractivity contribution in [2.24, 2.45) is 4.99 Å². The van der Waals surface area contributed by atoms with Gasteiger partial charge in [0.2, 0.25) is 0 Å². The summed E-state index contributed by atoms with van der Waals surface area (Å²) in [4.78, 5) is 4.20. The molecule has 0 radical (unpaired) electrons. The Kier molecular flexibility index (Phi) is 1.66. The fourth-order valence-electron chi connectivity index (χ4n) is 0.685. The third-order valence-electron chi connectivity index (χ3n) is 1.07. The number of nitrogens with zero attached hydrogens (tertiary/aromatic N) is 1. The molecule has 1 aliphatic rings. The molecule has 9 heavy (non-hydrogen) atoms. The molecule has 0 aromatic heterocycles. The average molecular weight is 119 g/mol. The Morgan fingerprint density at radius 1 is 1.44 bits per heavy atom. The Bertz CT molecular complexity index is 225. The van der Waals surface area contributed by atoms with Gasteiger partial charge in [-0.1, -0.05) is 0 Å². The molecule has 0 fully saturated rings. The summed E-state index contributed by atoms with van der Waals surface area (Å²) < 4.78 is 0. The molecular formula is C8H9N. The highest BCUT2D eigenvalue weighted by Gasteiger charge is 1.86. The molecule has 0 spiro atoms. The van der Waals surface area contributed by atoms with E-state index in [1.54, 1.807) is 0 Å². The van der Waals surface area contributed by atoms with Gasteiger partial charge in [0, 0.05) is 17.5 Å². The van der Waals surface area contributed by atoms with Crippen LogP contribution in [-0.4, -0.2) is 5.71 Å². The van der Waals surface area contributed by atoms with Gasteiger partial charge in [0.25, 0.3) is 0 Å². The summed E-state index contributed by atoms with van der Waals surface area (Å²) in [7, 11) is 0. The van der Waals surface area contributed by atoms with Crippen LogP contribution in [0.15, 0.2) is 34.6 Å². The molecule has 0 aromatic carbocycles. The third-order valence-corrected chi connectivity index (χ3v) is 1.07. The Morgan fingerprint density at radius 2 is 2.22 bits per heavy atom. The maximum atomic E-state index is 4.20. The van der Waals surface area contributed by atoms with Crippen LogP contribution in [0.25, 0.3) is 0 Å². The van der Waals surface area contributed by atoms with Crippen molar-refractivity contribution in [2.75, 3.05) is 0 Å². The minimum absolute atomic E-state index is 1.01. The van der Waals surface area contributed by atoms with E-state index in [9.17, 15) is 0 Å². The highest BCUT2D eigenvalue weighted by molar-refractivity contribution is 5.93. The molecule has 1 heteroatoms. The lowest BCUT2D eigenvalue weighted by atomic mass is 10.4. The smallest absolute Gasteiger partial charge is 0.0452 e. The van der Waals surface area contributed by atoms with Gasteiger partial charge in [-0.25, -0.2) is 0 Å². The molecule has 46 valence electrons. The number of rotatable bonds is 0. The van der Waals surface area contributed by atoms with Gasteiger partial charge in [-0.05, 0) is 26.0 Å². The monoisotopic (exact) mass is 119 g/mol. The maximum absolute atomic E-state index is 4.20. The first-order chi connectivity index (χ1) is 4.29. The van der Waals surface area contributed by atoms with Crippen molar-refractivity contribution < 1.29 is 0 Å². The summed E-state index contributed by atoms with van der Waals surface area (Å²) in [5.74, 6) is 0. The van der Waals surface area contributed by atoms with E-state index in [1.165, 1.54) is 0 Å². The highest BCUT2D eigenvalue weighted by Crippen LogP contribution is 1.98. The van der Waals surface area contributed by atoms with Gasteiger partial charge >= 0.3 is 0 Å². The lowest BCUT2D eigenvalue weighted by molar-refractivity contribution is 1.31. The molecule has 1 rings (SSSR count). The van der Waals surface area contributed by atoms with Crippen LogP contribution < -0.4 is 0 Å². The topological polar surface area (TPSA) is 12.4 Å². The molecular weight excluding hydrogens is 110 g/mol. The second-order valence-electron chi connectivity index (χ2n) is 2.04. The number of hydrogen-bond donors (Lipinski definition) is 0. The van der Waals surface area contributed by atoms with E-state index in [0.717, 1.165) is 11.4 Å². The molecule has 1 nitrogen and oxygen atoms in total. The van der Waals surface area contributed by atoms with Gasteiger partial charge in [-0.2, -0.15) is 0 Å². The van der Waals surface area contributed by atoms with Crippen molar-refractivity contribution in [1.29, 1.82) is 0 Å². The number of hydrogen-bond acceptors (Lipinski definition) is 1. The molecule has 0 amide bonds. The minimum atomic E-state index is 1.01. The van der Waals surface area contributed by atoms with E-state index in [0.29, 0.717) is 0 Å². The molecule has 0 aromatic rings. The Balaban J connectivity index is 3.00. The predicted molar refractivity (Wildman–Crippen MR) is 39.5 cm³/mol. The summed E-state index contributed by atoms with van der Waals surface area (Å²) in [6.07, 6.45) is 5.68. The van der Waals surface area contributed by atoms with Gasteiger partial charge in [0.05, 0.1) is 0 Å². The quantitative estimate of drug-likeness (QED) is 0.433. The summed E-state index contributed by atoms with van der Waals surface area (Å²) in [6, 6.07) is 0. The van der Waals surface area contributed by atoms with Crippen LogP contribution in [0.2, 0.25) is 0 Å². The molecule has 0 saturated carbocycles. The van der Waals surface area contributed by atoms with Crippen LogP contribution in [0.4, 0.5) is 0 Å². The van der Waals surface area contributed by atoms with Gasteiger partial charge in [-0.3, -0.25) is 4.99 Å². The van der Waals surface area contributed by atoms with E-state index in [4.69, 9.17) is 0 Å². The SMILES string of the molecule is CC1=CC=C=CC(C)=N1. The molecule has 1 aliphatic heterocycles. The van der Waals surface area contributed by atoms with Crippen LogP contribution in [0.5, 0.6) is 0 Å². The summed E-state index contributed by atoms with van der Waals surface area (Å²) in [6.45, 7) is 3.93. The van der Waals surface area contributed by atoms with Gasteiger partial charge in [-0.15, -0.1) is 5.73 Å². The van der Waals surface area contributed by atoms with Crippen LogP contribution in [0.3, 0.4) is 0 Å². The predicted octanol–water partition coefficient (Wildman–Crippen LogP) is 2.08. The lowest BCUT2D eigenvalue weighted by Gasteiger charge is -1.87. The summed E-state index contributed by atoms with van der Waals surface area (Å²) in [5.41, 5.74) is 5.02. The fourth-order valence-corrected chi connectivity index (χ4v) is 0.685. The van der Waals surface area contributed by atoms with Crippen LogP contribution in [0, 0.1) is 0 Å². The average Bonchev–Trinajstić information content (AvgIpc) is 1.93. The Morgan fingerprint density at radius 3 is 3.00 bits per heavy atom. The molecule has 1 heterocycles. The van der Waals surface area contributed by atoms with E-state index >= 15 is 0 Å². The molecule has 0 atom stereocenters. The first-order valence-electron chi connectivity index (χ1n) is 2.94. The number of aliphatic imine (C=N–C) groups is 1. The zero-order valence-electron chi connectivity index (χ0n) is 5.68. The maximum Gasteiger partial charge on any atom is 0.0452 e. The van der Waals surface area contributed by atoms with Crippen molar-refractivity contribution in [1.82, 2.24) is 0 Å². The molecule has 0 aliphatic carbocycles. The standard InChI is InChI=1S/C8H9N/c1-7-5-3-4-6-8(2)9-7/h3,5-6H,1-2H3. The minimum Gasteiger partial charge on any atom is -0.258 e. The van der Waals surface area contributed by atoms with Crippen molar-refractivity contribution in [3.8, 4) is 0 Å². The summed E-state index contributed by atoms with van der Waals surface area (Å²) in [5, 5.41) is 0. The molecule has 0 N–H and O–H groups in total. The zero-order chi connectivity index (χ0) is 6.69. The Hall–Kier alpha value is -1.07.